The lowest BCUT2D eigenvalue weighted by molar-refractivity contribution is 0.600. The number of hydrogen-bond acceptors (Lipinski definition) is 3. The summed E-state index contributed by atoms with van der Waals surface area (Å²) in [7, 11) is -3.56. The molecule has 4 nitrogen and oxygen atoms in total. The third kappa shape index (κ3) is 4.27. The van der Waals surface area contributed by atoms with Crippen LogP contribution in [0.15, 0.2) is 42.5 Å². The number of nitrogens with one attached hydrogen (secondary N) is 1. The normalized spacial score (nSPS) is 11.4. The van der Waals surface area contributed by atoms with Gasteiger partial charge in [-0.3, -0.25) is 4.72 Å². The molecule has 3 N–H and O–H groups in total. The van der Waals surface area contributed by atoms with Crippen LogP contribution in [0.5, 0.6) is 0 Å². The number of rotatable bonds is 5. The first kappa shape index (κ1) is 15.5. The molecule has 0 unspecified atom stereocenters. The van der Waals surface area contributed by atoms with Crippen LogP contribution in [-0.4, -0.2) is 8.42 Å². The molecule has 0 fully saturated rings. The molecule has 0 saturated heterocycles. The van der Waals surface area contributed by atoms with Crippen molar-refractivity contribution in [2.24, 2.45) is 5.73 Å². The van der Waals surface area contributed by atoms with Crippen molar-refractivity contribution in [1.82, 2.24) is 0 Å². The minimum Gasteiger partial charge on any atom is -0.326 e. The van der Waals surface area contributed by atoms with Crippen molar-refractivity contribution >= 4 is 15.7 Å². The molecule has 0 bridgehead atoms. The summed E-state index contributed by atoms with van der Waals surface area (Å²) in [5, 5.41) is 0. The third-order valence-corrected chi connectivity index (χ3v) is 4.28. The number of sulfonamides is 1. The maximum Gasteiger partial charge on any atom is 0.236 e. The van der Waals surface area contributed by atoms with Gasteiger partial charge in [-0.2, -0.15) is 0 Å². The lowest BCUT2D eigenvalue weighted by atomic mass is 10.1. The molecule has 0 aliphatic carbocycles. The fraction of sp³-hybridized carbons (Fsp3) is 0.200. The van der Waals surface area contributed by atoms with Crippen molar-refractivity contribution in [3.05, 3.63) is 65.0 Å². The van der Waals surface area contributed by atoms with Crippen molar-refractivity contribution in [3.63, 3.8) is 0 Å². The van der Waals surface area contributed by atoms with Gasteiger partial charge in [0.25, 0.3) is 0 Å². The molecule has 2 rings (SSSR count). The molecule has 2 aromatic carbocycles. The number of anilines is 1. The summed E-state index contributed by atoms with van der Waals surface area (Å²) < 4.78 is 39.9. The highest BCUT2D eigenvalue weighted by Gasteiger charge is 2.12. The van der Waals surface area contributed by atoms with E-state index in [-0.39, 0.29) is 11.6 Å². The summed E-state index contributed by atoms with van der Waals surface area (Å²) in [6.45, 7) is 1.94. The molecule has 6 heteroatoms. The summed E-state index contributed by atoms with van der Waals surface area (Å²) in [6, 6.07) is 11.2. The maximum absolute atomic E-state index is 13.2. The minimum absolute atomic E-state index is 0.155. The van der Waals surface area contributed by atoms with Crippen molar-refractivity contribution in [2.45, 2.75) is 19.2 Å². The number of aryl methyl sites for hydroxylation is 1. The summed E-state index contributed by atoms with van der Waals surface area (Å²) in [6.07, 6.45) is 0. The lowest BCUT2D eigenvalue weighted by Gasteiger charge is -2.10. The lowest BCUT2D eigenvalue weighted by Crippen LogP contribution is -2.15. The van der Waals surface area contributed by atoms with Gasteiger partial charge in [-0.05, 0) is 41.8 Å². The Morgan fingerprint density at radius 3 is 2.52 bits per heavy atom. The van der Waals surface area contributed by atoms with Crippen LogP contribution in [0.3, 0.4) is 0 Å². The Morgan fingerprint density at radius 1 is 1.14 bits per heavy atom. The molecule has 0 atom stereocenters. The van der Waals surface area contributed by atoms with Gasteiger partial charge in [0.15, 0.2) is 0 Å². The van der Waals surface area contributed by atoms with Gasteiger partial charge in [-0.15, -0.1) is 0 Å². The zero-order valence-electron chi connectivity index (χ0n) is 11.6. The van der Waals surface area contributed by atoms with E-state index in [1.54, 1.807) is 25.1 Å². The molecule has 0 aliphatic heterocycles. The zero-order valence-corrected chi connectivity index (χ0v) is 12.5. The van der Waals surface area contributed by atoms with E-state index >= 15 is 0 Å². The van der Waals surface area contributed by atoms with Gasteiger partial charge in [-0.25, -0.2) is 12.8 Å². The van der Waals surface area contributed by atoms with E-state index in [0.29, 0.717) is 23.4 Å². The fourth-order valence-corrected chi connectivity index (χ4v) is 3.17. The average molecular weight is 308 g/mol. The predicted octanol–water partition coefficient (Wildman–Crippen LogP) is 2.53. The van der Waals surface area contributed by atoms with Gasteiger partial charge in [0, 0.05) is 12.2 Å². The Hall–Kier alpha value is -1.92. The first-order chi connectivity index (χ1) is 9.89. The molecule has 0 saturated carbocycles. The highest BCUT2D eigenvalue weighted by atomic mass is 32.2. The maximum atomic E-state index is 13.2. The summed E-state index contributed by atoms with van der Waals surface area (Å²) >= 11 is 0. The van der Waals surface area contributed by atoms with Crippen LogP contribution in [0.25, 0.3) is 0 Å². The van der Waals surface area contributed by atoms with Gasteiger partial charge < -0.3 is 5.73 Å². The second-order valence-corrected chi connectivity index (χ2v) is 6.57. The Balaban J connectivity index is 2.16. The Morgan fingerprint density at radius 2 is 1.86 bits per heavy atom. The molecular formula is C15H17FN2O2S. The van der Waals surface area contributed by atoms with Crippen LogP contribution >= 0.6 is 0 Å². The van der Waals surface area contributed by atoms with Crippen LogP contribution in [0.1, 0.15) is 16.7 Å². The van der Waals surface area contributed by atoms with Crippen LogP contribution < -0.4 is 10.5 Å². The fourth-order valence-electron chi connectivity index (χ4n) is 1.99. The topological polar surface area (TPSA) is 72.2 Å². The van der Waals surface area contributed by atoms with Gasteiger partial charge >= 0.3 is 0 Å². The highest BCUT2D eigenvalue weighted by molar-refractivity contribution is 7.91. The molecule has 0 aromatic heterocycles. The quantitative estimate of drug-likeness (QED) is 0.891. The van der Waals surface area contributed by atoms with E-state index in [1.807, 2.05) is 6.07 Å². The third-order valence-electron chi connectivity index (χ3n) is 3.02. The standard InChI is InChI=1S/C15H17FN2O2S/c1-11-7-14(5-6-15(11)16)18-21(19,20)10-13-4-2-3-12(8-13)9-17/h2-8,18H,9-10,17H2,1H3. The highest BCUT2D eigenvalue weighted by Crippen LogP contribution is 2.17. The molecule has 0 aliphatic rings. The van der Waals surface area contributed by atoms with Crippen LogP contribution in [0.2, 0.25) is 0 Å². The smallest absolute Gasteiger partial charge is 0.236 e. The minimum atomic E-state index is -3.56. The van der Waals surface area contributed by atoms with Crippen molar-refractivity contribution in [3.8, 4) is 0 Å². The van der Waals surface area contributed by atoms with Crippen LogP contribution in [0, 0.1) is 12.7 Å². The molecule has 0 spiro atoms. The van der Waals surface area contributed by atoms with E-state index in [0.717, 1.165) is 5.56 Å². The van der Waals surface area contributed by atoms with Gasteiger partial charge in [0.1, 0.15) is 5.82 Å². The summed E-state index contributed by atoms with van der Waals surface area (Å²) in [5.41, 5.74) is 7.81. The van der Waals surface area contributed by atoms with Crippen molar-refractivity contribution in [1.29, 1.82) is 0 Å². The Bertz CT molecular complexity index is 745. The van der Waals surface area contributed by atoms with E-state index in [9.17, 15) is 12.8 Å². The first-order valence-electron chi connectivity index (χ1n) is 6.44. The largest absolute Gasteiger partial charge is 0.326 e. The predicted molar refractivity (Wildman–Crippen MR) is 81.7 cm³/mol. The first-order valence-corrected chi connectivity index (χ1v) is 8.09. The van der Waals surface area contributed by atoms with Gasteiger partial charge in [0.05, 0.1) is 5.75 Å². The molecular weight excluding hydrogens is 291 g/mol. The molecule has 21 heavy (non-hydrogen) atoms. The second kappa shape index (κ2) is 6.24. The molecule has 0 amide bonds. The monoisotopic (exact) mass is 308 g/mol. The molecule has 0 radical (unpaired) electrons. The van der Waals surface area contributed by atoms with E-state index in [4.69, 9.17) is 5.73 Å². The summed E-state index contributed by atoms with van der Waals surface area (Å²) in [5.74, 6) is -0.523. The van der Waals surface area contributed by atoms with Gasteiger partial charge in [0.2, 0.25) is 10.0 Å². The van der Waals surface area contributed by atoms with Crippen molar-refractivity contribution < 1.29 is 12.8 Å². The summed E-state index contributed by atoms with van der Waals surface area (Å²) in [4.78, 5) is 0. The number of halogens is 1. The number of nitrogens with two attached hydrogens (primary N) is 1. The van der Waals surface area contributed by atoms with Gasteiger partial charge in [-0.1, -0.05) is 24.3 Å². The Kier molecular flexibility index (Phi) is 4.59. The van der Waals surface area contributed by atoms with Crippen LogP contribution in [-0.2, 0) is 22.3 Å². The Labute approximate surface area is 123 Å². The van der Waals surface area contributed by atoms with Crippen LogP contribution in [0.4, 0.5) is 10.1 Å². The zero-order chi connectivity index (χ0) is 15.5. The number of benzene rings is 2. The van der Waals surface area contributed by atoms with E-state index < -0.39 is 10.0 Å². The van der Waals surface area contributed by atoms with E-state index in [1.165, 1.54) is 18.2 Å². The SMILES string of the molecule is Cc1cc(NS(=O)(=O)Cc2cccc(CN)c2)ccc1F. The van der Waals surface area contributed by atoms with E-state index in [2.05, 4.69) is 4.72 Å². The van der Waals surface area contributed by atoms with Crippen molar-refractivity contribution in [2.75, 3.05) is 4.72 Å². The molecule has 112 valence electrons. The molecule has 0 heterocycles. The number of hydrogen-bond donors (Lipinski definition) is 2. The average Bonchev–Trinajstić information content (AvgIpc) is 2.42. The molecule has 2 aromatic rings. The second-order valence-electron chi connectivity index (χ2n) is 4.85.